The van der Waals surface area contributed by atoms with Crippen LogP contribution < -0.4 is 5.32 Å². The largest absolute Gasteiger partial charge is 0.383 e. The Kier molecular flexibility index (Phi) is 7.63. The van der Waals surface area contributed by atoms with Crippen molar-refractivity contribution in [1.29, 1.82) is 0 Å². The highest BCUT2D eigenvalue weighted by Crippen LogP contribution is 2.03. The summed E-state index contributed by atoms with van der Waals surface area (Å²) in [6.45, 7) is 8.03. The Morgan fingerprint density at radius 2 is 1.94 bits per heavy atom. The quantitative estimate of drug-likeness (QED) is 0.661. The van der Waals surface area contributed by atoms with Crippen LogP contribution in [0.2, 0.25) is 0 Å². The maximum atomic E-state index is 5.15. The Balaban J connectivity index is 2.39. The predicted octanol–water partition coefficient (Wildman–Crippen LogP) is 1.74. The number of nitrogens with one attached hydrogen (secondary N) is 1. The lowest BCUT2D eigenvalue weighted by Gasteiger charge is -2.22. The van der Waals surface area contributed by atoms with E-state index in [0.717, 1.165) is 39.3 Å². The van der Waals surface area contributed by atoms with E-state index in [9.17, 15) is 0 Å². The van der Waals surface area contributed by atoms with Crippen LogP contribution in [0.25, 0.3) is 0 Å². The Morgan fingerprint density at radius 3 is 2.59 bits per heavy atom. The Labute approximate surface area is 105 Å². The van der Waals surface area contributed by atoms with Crippen LogP contribution in [0.4, 0.5) is 0 Å². The molecule has 0 aliphatic heterocycles. The molecule has 1 aromatic rings. The predicted molar refractivity (Wildman–Crippen MR) is 72.1 cm³/mol. The van der Waals surface area contributed by atoms with Gasteiger partial charge < -0.3 is 10.1 Å². The summed E-state index contributed by atoms with van der Waals surface area (Å²) in [5, 5.41) is 3.36. The van der Waals surface area contributed by atoms with Crippen molar-refractivity contribution in [2.75, 3.05) is 39.9 Å². The van der Waals surface area contributed by atoms with E-state index in [1.54, 1.807) is 7.11 Å². The van der Waals surface area contributed by atoms with Crippen LogP contribution >= 0.6 is 0 Å². The number of hydrogen-bond donors (Lipinski definition) is 1. The molecule has 0 atom stereocenters. The van der Waals surface area contributed by atoms with Gasteiger partial charge in [-0.2, -0.15) is 0 Å². The minimum absolute atomic E-state index is 0.791. The zero-order chi connectivity index (χ0) is 12.3. The maximum Gasteiger partial charge on any atom is 0.0589 e. The molecule has 0 spiro atoms. The third-order valence-electron chi connectivity index (χ3n) is 2.72. The SMILES string of the molecule is CCNCCN(CCOC)Cc1ccccc1. The number of likely N-dealkylation sites (N-methyl/N-ethyl adjacent to an activating group) is 1. The summed E-state index contributed by atoms with van der Waals surface area (Å²) in [5.41, 5.74) is 1.36. The van der Waals surface area contributed by atoms with E-state index in [4.69, 9.17) is 4.74 Å². The van der Waals surface area contributed by atoms with Crippen molar-refractivity contribution < 1.29 is 4.74 Å². The molecule has 1 N–H and O–H groups in total. The average molecular weight is 236 g/mol. The number of rotatable bonds is 9. The summed E-state index contributed by atoms with van der Waals surface area (Å²) in [5.74, 6) is 0. The van der Waals surface area contributed by atoms with Gasteiger partial charge >= 0.3 is 0 Å². The maximum absolute atomic E-state index is 5.15. The third-order valence-corrected chi connectivity index (χ3v) is 2.72. The summed E-state index contributed by atoms with van der Waals surface area (Å²) in [7, 11) is 1.75. The smallest absolute Gasteiger partial charge is 0.0589 e. The Bertz CT molecular complexity index is 277. The molecule has 3 heteroatoms. The molecule has 0 unspecified atom stereocenters. The van der Waals surface area contributed by atoms with Crippen molar-refractivity contribution in [3.8, 4) is 0 Å². The zero-order valence-corrected chi connectivity index (χ0v) is 11.0. The van der Waals surface area contributed by atoms with Gasteiger partial charge in [0.15, 0.2) is 0 Å². The lowest BCUT2D eigenvalue weighted by Crippen LogP contribution is -2.34. The van der Waals surface area contributed by atoms with E-state index in [0.29, 0.717) is 0 Å². The number of ether oxygens (including phenoxy) is 1. The van der Waals surface area contributed by atoms with E-state index < -0.39 is 0 Å². The molecule has 0 aliphatic rings. The highest BCUT2D eigenvalue weighted by atomic mass is 16.5. The van der Waals surface area contributed by atoms with Crippen LogP contribution in [0.1, 0.15) is 12.5 Å². The molecule has 1 rings (SSSR count). The fourth-order valence-corrected chi connectivity index (χ4v) is 1.75. The molecular weight excluding hydrogens is 212 g/mol. The van der Waals surface area contributed by atoms with Gasteiger partial charge in [0.05, 0.1) is 6.61 Å². The van der Waals surface area contributed by atoms with Crippen LogP contribution in [0.5, 0.6) is 0 Å². The lowest BCUT2D eigenvalue weighted by atomic mass is 10.2. The average Bonchev–Trinajstić information content (AvgIpc) is 2.37. The number of hydrogen-bond acceptors (Lipinski definition) is 3. The molecule has 0 saturated carbocycles. The molecule has 0 amide bonds. The van der Waals surface area contributed by atoms with Gasteiger partial charge in [0.1, 0.15) is 0 Å². The normalized spacial score (nSPS) is 11.0. The highest BCUT2D eigenvalue weighted by molar-refractivity contribution is 5.14. The van der Waals surface area contributed by atoms with Crippen molar-refractivity contribution >= 4 is 0 Å². The summed E-state index contributed by atoms with van der Waals surface area (Å²) in [4.78, 5) is 2.42. The van der Waals surface area contributed by atoms with Crippen molar-refractivity contribution in [1.82, 2.24) is 10.2 Å². The van der Waals surface area contributed by atoms with Gasteiger partial charge in [0.25, 0.3) is 0 Å². The first-order valence-corrected chi connectivity index (χ1v) is 6.32. The van der Waals surface area contributed by atoms with Gasteiger partial charge in [-0.3, -0.25) is 4.90 Å². The minimum Gasteiger partial charge on any atom is -0.383 e. The van der Waals surface area contributed by atoms with E-state index in [-0.39, 0.29) is 0 Å². The van der Waals surface area contributed by atoms with Gasteiger partial charge in [-0.25, -0.2) is 0 Å². The zero-order valence-electron chi connectivity index (χ0n) is 11.0. The molecular formula is C14H24N2O. The molecule has 0 heterocycles. The molecule has 0 fully saturated rings. The lowest BCUT2D eigenvalue weighted by molar-refractivity contribution is 0.144. The Hall–Kier alpha value is -0.900. The fourth-order valence-electron chi connectivity index (χ4n) is 1.75. The van der Waals surface area contributed by atoms with E-state index in [1.165, 1.54) is 5.56 Å². The first-order chi connectivity index (χ1) is 8.36. The van der Waals surface area contributed by atoms with Gasteiger partial charge in [-0.15, -0.1) is 0 Å². The standard InChI is InChI=1S/C14H24N2O/c1-3-15-9-10-16(11-12-17-2)13-14-7-5-4-6-8-14/h4-8,15H,3,9-13H2,1-2H3. The number of nitrogens with zero attached hydrogens (tertiary/aromatic N) is 1. The molecule has 96 valence electrons. The monoisotopic (exact) mass is 236 g/mol. The molecule has 0 radical (unpaired) electrons. The van der Waals surface area contributed by atoms with Gasteiger partial charge in [-0.05, 0) is 12.1 Å². The van der Waals surface area contributed by atoms with Crippen molar-refractivity contribution in [2.45, 2.75) is 13.5 Å². The first kappa shape index (κ1) is 14.2. The topological polar surface area (TPSA) is 24.5 Å². The summed E-state index contributed by atoms with van der Waals surface area (Å²) in [6.07, 6.45) is 0. The van der Waals surface area contributed by atoms with Crippen LogP contribution in [0.3, 0.4) is 0 Å². The van der Waals surface area contributed by atoms with E-state index >= 15 is 0 Å². The first-order valence-electron chi connectivity index (χ1n) is 6.32. The molecule has 0 saturated heterocycles. The number of benzene rings is 1. The van der Waals surface area contributed by atoms with Crippen LogP contribution in [-0.4, -0.2) is 44.8 Å². The molecule has 17 heavy (non-hydrogen) atoms. The molecule has 1 aromatic carbocycles. The second kappa shape index (κ2) is 9.16. The third kappa shape index (κ3) is 6.41. The fraction of sp³-hybridized carbons (Fsp3) is 0.571. The summed E-state index contributed by atoms with van der Waals surface area (Å²) < 4.78 is 5.15. The van der Waals surface area contributed by atoms with Crippen molar-refractivity contribution in [2.24, 2.45) is 0 Å². The second-order valence-corrected chi connectivity index (χ2v) is 4.11. The van der Waals surface area contributed by atoms with Crippen LogP contribution in [-0.2, 0) is 11.3 Å². The summed E-state index contributed by atoms with van der Waals surface area (Å²) >= 11 is 0. The number of methoxy groups -OCH3 is 1. The van der Waals surface area contributed by atoms with Gasteiger partial charge in [0, 0.05) is 33.3 Å². The summed E-state index contributed by atoms with van der Waals surface area (Å²) in [6, 6.07) is 10.6. The molecule has 0 aliphatic carbocycles. The van der Waals surface area contributed by atoms with Crippen LogP contribution in [0, 0.1) is 0 Å². The molecule has 0 bridgehead atoms. The molecule has 3 nitrogen and oxygen atoms in total. The van der Waals surface area contributed by atoms with Gasteiger partial charge in [-0.1, -0.05) is 37.3 Å². The van der Waals surface area contributed by atoms with E-state index in [1.807, 2.05) is 0 Å². The van der Waals surface area contributed by atoms with E-state index in [2.05, 4.69) is 47.5 Å². The highest BCUT2D eigenvalue weighted by Gasteiger charge is 2.04. The molecule has 0 aromatic heterocycles. The second-order valence-electron chi connectivity index (χ2n) is 4.11. The van der Waals surface area contributed by atoms with Crippen molar-refractivity contribution in [3.05, 3.63) is 35.9 Å². The minimum atomic E-state index is 0.791. The Morgan fingerprint density at radius 1 is 1.18 bits per heavy atom. The van der Waals surface area contributed by atoms with Gasteiger partial charge in [0.2, 0.25) is 0 Å². The van der Waals surface area contributed by atoms with Crippen molar-refractivity contribution in [3.63, 3.8) is 0 Å². The van der Waals surface area contributed by atoms with Crippen LogP contribution in [0.15, 0.2) is 30.3 Å².